The van der Waals surface area contributed by atoms with Crippen LogP contribution in [0.2, 0.25) is 5.02 Å². The lowest BCUT2D eigenvalue weighted by Crippen LogP contribution is -2.24. The van der Waals surface area contributed by atoms with Gasteiger partial charge in [-0.15, -0.1) is 0 Å². The maximum atomic E-state index is 13.7. The minimum Gasteiger partial charge on any atom is -0.480 e. The molecule has 0 aliphatic heterocycles. The van der Waals surface area contributed by atoms with Crippen molar-refractivity contribution in [1.29, 1.82) is 0 Å². The lowest BCUT2D eigenvalue weighted by molar-refractivity contribution is 0.383. The van der Waals surface area contributed by atoms with Crippen LogP contribution in [0, 0.1) is 5.82 Å². The Morgan fingerprint density at radius 1 is 1.35 bits per heavy atom. The molecule has 0 bridgehead atoms. The van der Waals surface area contributed by atoms with Crippen LogP contribution in [0.1, 0.15) is 24.2 Å². The predicted octanol–water partition coefficient (Wildman–Crippen LogP) is 2.98. The molecule has 1 heterocycles. The molecule has 6 heteroatoms. The van der Waals surface area contributed by atoms with Crippen molar-refractivity contribution in [3.63, 3.8) is 0 Å². The molecule has 20 heavy (non-hydrogen) atoms. The van der Waals surface area contributed by atoms with Gasteiger partial charge in [-0.3, -0.25) is 4.98 Å². The first-order valence-electron chi connectivity index (χ1n) is 6.20. The predicted molar refractivity (Wildman–Crippen MR) is 75.5 cm³/mol. The molecule has 2 rings (SSSR count). The Morgan fingerprint density at radius 2 is 2.10 bits per heavy atom. The van der Waals surface area contributed by atoms with Gasteiger partial charge >= 0.3 is 0 Å². The smallest absolute Gasteiger partial charge is 0.237 e. The first-order chi connectivity index (χ1) is 9.67. The van der Waals surface area contributed by atoms with Gasteiger partial charge in [0.15, 0.2) is 0 Å². The molecule has 1 unspecified atom stereocenters. The lowest BCUT2D eigenvalue weighted by atomic mass is 10.0. The molecule has 0 aliphatic carbocycles. The van der Waals surface area contributed by atoms with E-state index in [0.29, 0.717) is 23.7 Å². The molecule has 0 amide bonds. The van der Waals surface area contributed by atoms with Gasteiger partial charge in [0, 0.05) is 12.4 Å². The number of nitrogens with zero attached hydrogens (tertiary/aromatic N) is 2. The molecule has 2 aromatic rings. The van der Waals surface area contributed by atoms with E-state index in [1.807, 2.05) is 6.92 Å². The molecule has 106 valence electrons. The van der Waals surface area contributed by atoms with Crippen molar-refractivity contribution in [3.05, 3.63) is 52.7 Å². The highest BCUT2D eigenvalue weighted by atomic mass is 35.5. The largest absolute Gasteiger partial charge is 0.480 e. The molecule has 0 saturated carbocycles. The molecule has 1 aromatic heterocycles. The van der Waals surface area contributed by atoms with E-state index in [1.54, 1.807) is 18.5 Å². The number of hydrogen-bond donors (Lipinski definition) is 1. The van der Waals surface area contributed by atoms with Gasteiger partial charge in [0.1, 0.15) is 11.5 Å². The van der Waals surface area contributed by atoms with Crippen molar-refractivity contribution < 1.29 is 9.13 Å². The minimum atomic E-state index is -0.463. The van der Waals surface area contributed by atoms with Crippen LogP contribution in [0.15, 0.2) is 30.6 Å². The van der Waals surface area contributed by atoms with Gasteiger partial charge < -0.3 is 10.1 Å². The molecule has 4 nitrogen and oxygen atoms in total. The molecule has 1 N–H and O–H groups in total. The van der Waals surface area contributed by atoms with E-state index in [0.717, 1.165) is 0 Å². The van der Waals surface area contributed by atoms with Crippen LogP contribution in [0.3, 0.4) is 0 Å². The Labute approximate surface area is 122 Å². The van der Waals surface area contributed by atoms with Gasteiger partial charge in [-0.2, -0.15) is 0 Å². The van der Waals surface area contributed by atoms with Crippen LogP contribution in [-0.4, -0.2) is 23.6 Å². The van der Waals surface area contributed by atoms with Crippen LogP contribution < -0.4 is 10.1 Å². The number of methoxy groups -OCH3 is 1. The number of rotatable bonds is 5. The highest BCUT2D eigenvalue weighted by molar-refractivity contribution is 6.30. The van der Waals surface area contributed by atoms with Crippen molar-refractivity contribution in [2.45, 2.75) is 13.0 Å². The number of hydrogen-bond acceptors (Lipinski definition) is 4. The SMILES string of the molecule is CCNC(c1ccc(Cl)c(F)c1)c1nccnc1OC. The Bertz CT molecular complexity index is 594. The molecular formula is C14H15ClFN3O. The highest BCUT2D eigenvalue weighted by Crippen LogP contribution is 2.28. The monoisotopic (exact) mass is 295 g/mol. The van der Waals surface area contributed by atoms with Crippen molar-refractivity contribution in [2.24, 2.45) is 0 Å². The summed E-state index contributed by atoms with van der Waals surface area (Å²) in [6, 6.07) is 4.37. The topological polar surface area (TPSA) is 47.0 Å². The highest BCUT2D eigenvalue weighted by Gasteiger charge is 2.20. The zero-order valence-corrected chi connectivity index (χ0v) is 12.0. The average Bonchev–Trinajstić information content (AvgIpc) is 2.48. The third-order valence-corrected chi connectivity index (χ3v) is 3.15. The van der Waals surface area contributed by atoms with E-state index < -0.39 is 5.82 Å². The second-order valence-electron chi connectivity index (χ2n) is 4.12. The quantitative estimate of drug-likeness (QED) is 0.921. The standard InChI is InChI=1S/C14H15ClFN3O/c1-3-17-12(9-4-5-10(15)11(16)8-9)13-14(20-2)19-7-6-18-13/h4-8,12,17H,3H2,1-2H3. The van der Waals surface area contributed by atoms with Crippen molar-refractivity contribution >= 4 is 11.6 Å². The normalized spacial score (nSPS) is 12.2. The molecule has 0 saturated heterocycles. The number of ether oxygens (including phenoxy) is 1. The summed E-state index contributed by atoms with van der Waals surface area (Å²) < 4.78 is 18.9. The first kappa shape index (κ1) is 14.7. The van der Waals surface area contributed by atoms with Crippen LogP contribution in [0.25, 0.3) is 0 Å². The molecule has 1 aromatic carbocycles. The summed E-state index contributed by atoms with van der Waals surface area (Å²) in [6.45, 7) is 2.65. The van der Waals surface area contributed by atoms with Gasteiger partial charge in [0.25, 0.3) is 0 Å². The van der Waals surface area contributed by atoms with Crippen LogP contribution in [0.5, 0.6) is 5.88 Å². The molecule has 0 fully saturated rings. The summed E-state index contributed by atoms with van der Waals surface area (Å²) in [5.74, 6) is -0.0521. The second kappa shape index (κ2) is 6.63. The zero-order chi connectivity index (χ0) is 14.5. The number of nitrogens with one attached hydrogen (secondary N) is 1. The van der Waals surface area contributed by atoms with Crippen molar-refractivity contribution in [1.82, 2.24) is 15.3 Å². The molecule has 0 radical (unpaired) electrons. The molecule has 0 aliphatic rings. The first-order valence-corrected chi connectivity index (χ1v) is 6.58. The summed E-state index contributed by atoms with van der Waals surface area (Å²) in [4.78, 5) is 8.41. The maximum absolute atomic E-state index is 13.7. The van der Waals surface area contributed by atoms with Crippen LogP contribution in [0.4, 0.5) is 4.39 Å². The third-order valence-electron chi connectivity index (χ3n) is 2.84. The van der Waals surface area contributed by atoms with Crippen molar-refractivity contribution in [3.8, 4) is 5.88 Å². The Hall–Kier alpha value is -1.72. The molecule has 1 atom stereocenters. The zero-order valence-electron chi connectivity index (χ0n) is 11.2. The summed E-state index contributed by atoms with van der Waals surface area (Å²) in [6.07, 6.45) is 3.13. The fourth-order valence-corrected chi connectivity index (χ4v) is 2.08. The minimum absolute atomic E-state index is 0.0927. The fraction of sp³-hybridized carbons (Fsp3) is 0.286. The summed E-state index contributed by atoms with van der Waals surface area (Å²) in [5, 5.41) is 3.34. The van der Waals surface area contributed by atoms with Crippen LogP contribution in [-0.2, 0) is 0 Å². The van der Waals surface area contributed by atoms with E-state index in [2.05, 4.69) is 15.3 Å². The van der Waals surface area contributed by atoms with Gasteiger partial charge in [0.2, 0.25) is 5.88 Å². The lowest BCUT2D eigenvalue weighted by Gasteiger charge is -2.19. The van der Waals surface area contributed by atoms with Crippen LogP contribution >= 0.6 is 11.6 Å². The van der Waals surface area contributed by atoms with E-state index in [-0.39, 0.29) is 11.1 Å². The van der Waals surface area contributed by atoms with Crippen molar-refractivity contribution in [2.75, 3.05) is 13.7 Å². The fourth-order valence-electron chi connectivity index (χ4n) is 1.96. The molecular weight excluding hydrogens is 281 g/mol. The molecule has 0 spiro atoms. The Kier molecular flexibility index (Phi) is 4.87. The van der Waals surface area contributed by atoms with E-state index in [1.165, 1.54) is 19.2 Å². The Morgan fingerprint density at radius 3 is 2.75 bits per heavy atom. The summed E-state index contributed by atoms with van der Waals surface area (Å²) in [7, 11) is 1.53. The van der Waals surface area contributed by atoms with Gasteiger partial charge in [-0.1, -0.05) is 24.6 Å². The second-order valence-corrected chi connectivity index (χ2v) is 4.52. The van der Waals surface area contributed by atoms with Gasteiger partial charge in [-0.25, -0.2) is 9.37 Å². The van der Waals surface area contributed by atoms with E-state index in [9.17, 15) is 4.39 Å². The number of aromatic nitrogens is 2. The maximum Gasteiger partial charge on any atom is 0.237 e. The van der Waals surface area contributed by atoms with Gasteiger partial charge in [-0.05, 0) is 24.2 Å². The Balaban J connectivity index is 2.47. The van der Waals surface area contributed by atoms with E-state index >= 15 is 0 Å². The number of benzene rings is 1. The summed E-state index contributed by atoms with van der Waals surface area (Å²) in [5.41, 5.74) is 1.33. The third kappa shape index (κ3) is 3.05. The van der Waals surface area contributed by atoms with Gasteiger partial charge in [0.05, 0.1) is 18.2 Å². The van der Waals surface area contributed by atoms with E-state index in [4.69, 9.17) is 16.3 Å². The summed E-state index contributed by atoms with van der Waals surface area (Å²) >= 11 is 5.72. The average molecular weight is 296 g/mol. The number of halogens is 2.